The van der Waals surface area contributed by atoms with Crippen molar-refractivity contribution in [1.29, 1.82) is 0 Å². The Kier molecular flexibility index (Phi) is 5.25. The van der Waals surface area contributed by atoms with Crippen LogP contribution in [0.15, 0.2) is 48.9 Å². The van der Waals surface area contributed by atoms with Crippen molar-refractivity contribution in [1.82, 2.24) is 9.97 Å². The first-order valence-corrected chi connectivity index (χ1v) is 8.45. The highest BCUT2D eigenvalue weighted by Gasteiger charge is 2.01. The van der Waals surface area contributed by atoms with E-state index in [2.05, 4.69) is 9.97 Å². The third kappa shape index (κ3) is 5.65. The van der Waals surface area contributed by atoms with E-state index in [0.717, 1.165) is 22.0 Å². The lowest BCUT2D eigenvalue weighted by molar-refractivity contribution is 0.490. The first-order chi connectivity index (χ1) is 10.8. The van der Waals surface area contributed by atoms with E-state index in [-0.39, 0.29) is 5.82 Å². The molecule has 0 fully saturated rings. The van der Waals surface area contributed by atoms with Crippen LogP contribution >= 0.6 is 0 Å². The molecule has 3 aromatic rings. The second-order valence-electron chi connectivity index (χ2n) is 4.79. The average molecular weight is 334 g/mol. The molecule has 0 atom stereocenters. The van der Waals surface area contributed by atoms with Crippen molar-refractivity contribution < 1.29 is 17.4 Å². The number of nitrogens with zero attached hydrogens (tertiary/aromatic N) is 1. The van der Waals surface area contributed by atoms with Crippen LogP contribution in [0.2, 0.25) is 0 Å². The predicted octanol–water partition coefficient (Wildman–Crippen LogP) is 3.38. The number of fused-ring (bicyclic) bond motifs is 1. The maximum atomic E-state index is 13.1. The minimum Gasteiger partial charge on any atom is -0.360 e. The normalized spacial score (nSPS) is 11.4. The molecule has 2 aromatic heterocycles. The Bertz CT molecular complexity index is 911. The number of hydrogen-bond acceptors (Lipinski definition) is 3. The topological polar surface area (TPSA) is 83.1 Å². The Balaban J connectivity index is 0.000000338. The van der Waals surface area contributed by atoms with Gasteiger partial charge in [-0.3, -0.25) is 9.54 Å². The summed E-state index contributed by atoms with van der Waals surface area (Å²) >= 11 is 0. The molecule has 0 spiro atoms. The van der Waals surface area contributed by atoms with E-state index in [4.69, 9.17) is 4.55 Å². The quantitative estimate of drug-likeness (QED) is 0.704. The van der Waals surface area contributed by atoms with E-state index in [0.29, 0.717) is 6.26 Å². The molecule has 2 heterocycles. The van der Waals surface area contributed by atoms with E-state index >= 15 is 0 Å². The third-order valence-electron chi connectivity index (χ3n) is 2.82. The number of rotatable bonds is 2. The largest absolute Gasteiger partial charge is 0.360 e. The molecule has 0 saturated carbocycles. The first-order valence-electron chi connectivity index (χ1n) is 6.60. The fourth-order valence-corrected chi connectivity index (χ4v) is 1.92. The van der Waals surface area contributed by atoms with Gasteiger partial charge in [-0.2, -0.15) is 8.42 Å². The summed E-state index contributed by atoms with van der Waals surface area (Å²) in [5.74, 6) is -0.230. The van der Waals surface area contributed by atoms with Gasteiger partial charge >= 0.3 is 0 Å². The van der Waals surface area contributed by atoms with Gasteiger partial charge in [0.2, 0.25) is 0 Å². The maximum absolute atomic E-state index is 13.1. The molecular weight excluding hydrogens is 319 g/mol. The van der Waals surface area contributed by atoms with Crippen molar-refractivity contribution in [2.75, 3.05) is 6.26 Å². The minimum atomic E-state index is -3.67. The molecule has 7 heteroatoms. The van der Waals surface area contributed by atoms with Gasteiger partial charge in [0.1, 0.15) is 5.82 Å². The van der Waals surface area contributed by atoms with Gasteiger partial charge in [-0.1, -0.05) is 18.2 Å². The smallest absolute Gasteiger partial charge is 0.261 e. The van der Waals surface area contributed by atoms with Crippen LogP contribution in [0.25, 0.3) is 23.1 Å². The zero-order valence-electron chi connectivity index (χ0n) is 12.3. The van der Waals surface area contributed by atoms with Gasteiger partial charge in [0.15, 0.2) is 0 Å². The van der Waals surface area contributed by atoms with Crippen molar-refractivity contribution in [3.8, 4) is 0 Å². The second kappa shape index (κ2) is 7.17. The molecule has 23 heavy (non-hydrogen) atoms. The number of halogens is 1. The van der Waals surface area contributed by atoms with Crippen molar-refractivity contribution in [3.63, 3.8) is 0 Å². The number of benzene rings is 1. The van der Waals surface area contributed by atoms with Crippen LogP contribution in [0.5, 0.6) is 0 Å². The summed E-state index contributed by atoms with van der Waals surface area (Å²) in [5, 5.41) is 1.01. The van der Waals surface area contributed by atoms with Gasteiger partial charge in [0, 0.05) is 29.5 Å². The van der Waals surface area contributed by atoms with Gasteiger partial charge in [0.25, 0.3) is 10.1 Å². The summed E-state index contributed by atoms with van der Waals surface area (Å²) in [7, 11) is -3.67. The van der Waals surface area contributed by atoms with Crippen LogP contribution in [0.3, 0.4) is 0 Å². The van der Waals surface area contributed by atoms with E-state index in [1.807, 2.05) is 30.5 Å². The molecule has 5 nitrogen and oxygen atoms in total. The molecule has 0 aliphatic heterocycles. The molecule has 0 radical (unpaired) electrons. The van der Waals surface area contributed by atoms with Crippen LogP contribution in [-0.2, 0) is 10.1 Å². The van der Waals surface area contributed by atoms with E-state index < -0.39 is 10.1 Å². The maximum Gasteiger partial charge on any atom is 0.261 e. The zero-order chi connectivity index (χ0) is 16.9. The molecule has 0 amide bonds. The standard InChI is InChI=1S/C15H11FN2.CH4O3S/c16-13-5-6-14-12(10-18-15(14)8-13)4-3-11-2-1-7-17-9-11;1-5(2,3)4/h1-10,18H;1H3,(H,2,3,4)/b4-3+;. The highest BCUT2D eigenvalue weighted by atomic mass is 32.2. The minimum absolute atomic E-state index is 0.230. The van der Waals surface area contributed by atoms with E-state index in [9.17, 15) is 12.8 Å². The number of nitrogens with one attached hydrogen (secondary N) is 1. The molecule has 3 rings (SSSR count). The van der Waals surface area contributed by atoms with Crippen molar-refractivity contribution in [2.45, 2.75) is 0 Å². The molecule has 0 aliphatic rings. The highest BCUT2D eigenvalue weighted by Crippen LogP contribution is 2.21. The molecule has 1 aromatic carbocycles. The highest BCUT2D eigenvalue weighted by molar-refractivity contribution is 7.85. The first kappa shape index (κ1) is 16.9. The number of aromatic nitrogens is 2. The van der Waals surface area contributed by atoms with Gasteiger partial charge in [0.05, 0.1) is 6.26 Å². The summed E-state index contributed by atoms with van der Waals surface area (Å²) in [5.41, 5.74) is 2.88. The van der Waals surface area contributed by atoms with Crippen LogP contribution in [-0.4, -0.2) is 29.2 Å². The fraction of sp³-hybridized carbons (Fsp3) is 0.0625. The monoisotopic (exact) mass is 334 g/mol. The number of pyridine rings is 1. The summed E-state index contributed by atoms with van der Waals surface area (Å²) in [4.78, 5) is 7.11. The van der Waals surface area contributed by atoms with Crippen LogP contribution < -0.4 is 0 Å². The number of aromatic amines is 1. The Morgan fingerprint density at radius 2 is 2.00 bits per heavy atom. The summed E-state index contributed by atoms with van der Waals surface area (Å²) in [6.07, 6.45) is 10.1. The molecule has 0 aliphatic carbocycles. The fourth-order valence-electron chi connectivity index (χ4n) is 1.92. The lowest BCUT2D eigenvalue weighted by Crippen LogP contribution is -1.88. The Morgan fingerprint density at radius 3 is 2.65 bits per heavy atom. The average Bonchev–Trinajstić information content (AvgIpc) is 2.86. The zero-order valence-corrected chi connectivity index (χ0v) is 13.1. The van der Waals surface area contributed by atoms with Crippen molar-refractivity contribution >= 4 is 33.2 Å². The second-order valence-corrected chi connectivity index (χ2v) is 6.25. The lowest BCUT2D eigenvalue weighted by atomic mass is 10.1. The third-order valence-corrected chi connectivity index (χ3v) is 2.82. The Hall–Kier alpha value is -2.51. The summed E-state index contributed by atoms with van der Waals surface area (Å²) in [6, 6.07) is 8.63. The molecule has 0 saturated heterocycles. The lowest BCUT2D eigenvalue weighted by Gasteiger charge is -1.93. The van der Waals surface area contributed by atoms with Gasteiger partial charge < -0.3 is 4.98 Å². The molecule has 0 bridgehead atoms. The SMILES string of the molecule is CS(=O)(=O)O.Fc1ccc2c(/C=C/c3cccnc3)c[nH]c2c1. The van der Waals surface area contributed by atoms with E-state index in [1.165, 1.54) is 12.1 Å². The molecular formula is C16H15FN2O3S. The van der Waals surface area contributed by atoms with Gasteiger partial charge in [-0.05, 0) is 35.4 Å². The predicted molar refractivity (Wildman–Crippen MR) is 88.9 cm³/mol. The Labute approximate surface area is 133 Å². The van der Waals surface area contributed by atoms with Gasteiger partial charge in [-0.15, -0.1) is 0 Å². The van der Waals surface area contributed by atoms with Crippen LogP contribution in [0, 0.1) is 5.82 Å². The number of hydrogen-bond donors (Lipinski definition) is 2. The molecule has 120 valence electrons. The molecule has 0 unspecified atom stereocenters. The van der Waals surface area contributed by atoms with Gasteiger partial charge in [-0.25, -0.2) is 4.39 Å². The van der Waals surface area contributed by atoms with Crippen molar-refractivity contribution in [2.24, 2.45) is 0 Å². The molecule has 2 N–H and O–H groups in total. The van der Waals surface area contributed by atoms with Crippen LogP contribution in [0.4, 0.5) is 4.39 Å². The van der Waals surface area contributed by atoms with E-state index in [1.54, 1.807) is 18.5 Å². The summed E-state index contributed by atoms with van der Waals surface area (Å²) in [6.45, 7) is 0. The Morgan fingerprint density at radius 1 is 1.26 bits per heavy atom. The van der Waals surface area contributed by atoms with Crippen molar-refractivity contribution in [3.05, 3.63) is 65.9 Å². The number of H-pyrrole nitrogens is 1. The van der Waals surface area contributed by atoms with Crippen LogP contribution in [0.1, 0.15) is 11.1 Å². The summed E-state index contributed by atoms with van der Waals surface area (Å²) < 4.78 is 38.9.